The van der Waals surface area contributed by atoms with Crippen molar-refractivity contribution in [2.45, 2.75) is 26.4 Å². The van der Waals surface area contributed by atoms with Crippen LogP contribution in [0.2, 0.25) is 0 Å². The smallest absolute Gasteiger partial charge is 0.237 e. The van der Waals surface area contributed by atoms with Gasteiger partial charge in [-0.3, -0.25) is 19.7 Å². The number of likely N-dealkylation sites (N-methyl/N-ethyl adjacent to an activating group) is 1. The number of aryl methyl sites for hydroxylation is 1. The number of piperazine rings is 1. The number of carbonyl (C=O) groups is 1. The minimum Gasteiger partial charge on any atom is -0.349 e. The van der Waals surface area contributed by atoms with Gasteiger partial charge in [-0.2, -0.15) is 0 Å². The third kappa shape index (κ3) is 3.98. The Bertz CT molecular complexity index is 439. The summed E-state index contributed by atoms with van der Waals surface area (Å²) in [4.78, 5) is 25.1. The fourth-order valence-electron chi connectivity index (χ4n) is 2.21. The Morgan fingerprint density at radius 3 is 2.60 bits per heavy atom. The molecule has 0 unspecified atom stereocenters. The van der Waals surface area contributed by atoms with Gasteiger partial charge in [-0.05, 0) is 20.9 Å². The second-order valence-electron chi connectivity index (χ2n) is 5.38. The Morgan fingerprint density at radius 1 is 1.30 bits per heavy atom. The van der Waals surface area contributed by atoms with Gasteiger partial charge in [-0.25, -0.2) is 0 Å². The predicted molar refractivity (Wildman–Crippen MR) is 77.1 cm³/mol. The lowest BCUT2D eigenvalue weighted by molar-refractivity contribution is -0.126. The second-order valence-corrected chi connectivity index (χ2v) is 5.38. The van der Waals surface area contributed by atoms with Crippen LogP contribution in [0.25, 0.3) is 0 Å². The molecule has 2 rings (SSSR count). The molecule has 0 spiro atoms. The van der Waals surface area contributed by atoms with E-state index in [1.54, 1.807) is 12.4 Å². The molecule has 2 heterocycles. The molecule has 6 nitrogen and oxygen atoms in total. The zero-order chi connectivity index (χ0) is 14.5. The molecule has 1 aliphatic rings. The molecule has 1 amide bonds. The Morgan fingerprint density at radius 2 is 2.00 bits per heavy atom. The zero-order valence-corrected chi connectivity index (χ0v) is 12.5. The second kappa shape index (κ2) is 6.76. The molecule has 1 aromatic heterocycles. The molecule has 20 heavy (non-hydrogen) atoms. The number of hydrogen-bond acceptors (Lipinski definition) is 5. The minimum absolute atomic E-state index is 0.0527. The quantitative estimate of drug-likeness (QED) is 0.842. The summed E-state index contributed by atoms with van der Waals surface area (Å²) in [6.45, 7) is 8.20. The molecule has 1 N–H and O–H groups in total. The Labute approximate surface area is 120 Å². The molecule has 1 saturated heterocycles. The fraction of sp³-hybridized carbons (Fsp3) is 0.643. The molecule has 0 bridgehead atoms. The van der Waals surface area contributed by atoms with E-state index in [-0.39, 0.29) is 11.9 Å². The van der Waals surface area contributed by atoms with Crippen molar-refractivity contribution in [1.82, 2.24) is 25.1 Å². The molecule has 6 heteroatoms. The molecular formula is C14H23N5O. The minimum atomic E-state index is -0.0953. The summed E-state index contributed by atoms with van der Waals surface area (Å²) in [5, 5.41) is 2.93. The lowest BCUT2D eigenvalue weighted by Crippen LogP contribution is -2.52. The van der Waals surface area contributed by atoms with Crippen LogP contribution >= 0.6 is 0 Å². The SMILES string of the molecule is Cc1cnc(CNC(=O)[C@H](C)N2CCN(C)CC2)cn1. The zero-order valence-electron chi connectivity index (χ0n) is 12.5. The first-order chi connectivity index (χ1) is 9.56. The number of hydrogen-bond donors (Lipinski definition) is 1. The average Bonchev–Trinajstić information content (AvgIpc) is 2.46. The van der Waals surface area contributed by atoms with Gasteiger partial charge in [0.05, 0.1) is 30.2 Å². The van der Waals surface area contributed by atoms with Crippen molar-refractivity contribution >= 4 is 5.91 Å². The molecule has 1 aliphatic heterocycles. The maximum Gasteiger partial charge on any atom is 0.237 e. The van der Waals surface area contributed by atoms with E-state index < -0.39 is 0 Å². The number of carbonyl (C=O) groups excluding carboxylic acids is 1. The third-order valence-corrected chi connectivity index (χ3v) is 3.74. The molecule has 0 aliphatic carbocycles. The Hall–Kier alpha value is -1.53. The van der Waals surface area contributed by atoms with Crippen molar-refractivity contribution in [3.8, 4) is 0 Å². The highest BCUT2D eigenvalue weighted by molar-refractivity contribution is 5.81. The van der Waals surface area contributed by atoms with E-state index in [1.165, 1.54) is 0 Å². The standard InChI is InChI=1S/C14H23N5O/c1-11-8-16-13(9-15-11)10-17-14(20)12(2)19-6-4-18(3)5-7-19/h8-9,12H,4-7,10H2,1-3H3,(H,17,20)/t12-/m0/s1. The van der Waals surface area contributed by atoms with Gasteiger partial charge in [0.2, 0.25) is 5.91 Å². The van der Waals surface area contributed by atoms with Gasteiger partial charge in [0.25, 0.3) is 0 Å². The van der Waals surface area contributed by atoms with Crippen LogP contribution in [-0.4, -0.2) is 64.9 Å². The van der Waals surface area contributed by atoms with Crippen molar-refractivity contribution in [2.24, 2.45) is 0 Å². The number of nitrogens with zero attached hydrogens (tertiary/aromatic N) is 4. The highest BCUT2D eigenvalue weighted by Gasteiger charge is 2.24. The van der Waals surface area contributed by atoms with Crippen LogP contribution in [0.4, 0.5) is 0 Å². The summed E-state index contributed by atoms with van der Waals surface area (Å²) < 4.78 is 0. The summed E-state index contributed by atoms with van der Waals surface area (Å²) in [5.41, 5.74) is 1.67. The normalized spacial score (nSPS) is 18.8. The van der Waals surface area contributed by atoms with E-state index in [4.69, 9.17) is 0 Å². The van der Waals surface area contributed by atoms with Crippen LogP contribution in [0.1, 0.15) is 18.3 Å². The molecule has 1 aromatic rings. The van der Waals surface area contributed by atoms with Gasteiger partial charge in [0, 0.05) is 32.4 Å². The maximum absolute atomic E-state index is 12.1. The first kappa shape index (κ1) is 14.9. The van der Waals surface area contributed by atoms with Crippen molar-refractivity contribution in [1.29, 1.82) is 0 Å². The highest BCUT2D eigenvalue weighted by atomic mass is 16.2. The predicted octanol–water partition coefficient (Wildman–Crippen LogP) is 0.0371. The molecule has 0 saturated carbocycles. The van der Waals surface area contributed by atoms with Gasteiger partial charge < -0.3 is 10.2 Å². The highest BCUT2D eigenvalue weighted by Crippen LogP contribution is 2.05. The monoisotopic (exact) mass is 277 g/mol. The average molecular weight is 277 g/mol. The number of amides is 1. The number of nitrogens with one attached hydrogen (secondary N) is 1. The van der Waals surface area contributed by atoms with Crippen molar-refractivity contribution in [3.63, 3.8) is 0 Å². The molecule has 0 aromatic carbocycles. The van der Waals surface area contributed by atoms with Crippen LogP contribution in [-0.2, 0) is 11.3 Å². The largest absolute Gasteiger partial charge is 0.349 e. The topological polar surface area (TPSA) is 61.4 Å². The van der Waals surface area contributed by atoms with Crippen LogP contribution < -0.4 is 5.32 Å². The summed E-state index contributed by atoms with van der Waals surface area (Å²) in [5.74, 6) is 0.0527. The first-order valence-electron chi connectivity index (χ1n) is 7.04. The molecule has 1 atom stereocenters. The van der Waals surface area contributed by atoms with Crippen molar-refractivity contribution in [3.05, 3.63) is 23.8 Å². The molecule has 0 radical (unpaired) electrons. The van der Waals surface area contributed by atoms with Crippen LogP contribution in [0.3, 0.4) is 0 Å². The number of aromatic nitrogens is 2. The maximum atomic E-state index is 12.1. The van der Waals surface area contributed by atoms with Gasteiger partial charge in [0.1, 0.15) is 0 Å². The number of rotatable bonds is 4. The van der Waals surface area contributed by atoms with Crippen LogP contribution in [0, 0.1) is 6.92 Å². The van der Waals surface area contributed by atoms with Gasteiger partial charge in [-0.15, -0.1) is 0 Å². The Kier molecular flexibility index (Phi) is 5.03. The molecular weight excluding hydrogens is 254 g/mol. The van der Waals surface area contributed by atoms with E-state index in [0.29, 0.717) is 6.54 Å². The van der Waals surface area contributed by atoms with E-state index in [2.05, 4.69) is 32.1 Å². The lowest BCUT2D eigenvalue weighted by Gasteiger charge is -2.35. The van der Waals surface area contributed by atoms with Crippen LogP contribution in [0.15, 0.2) is 12.4 Å². The summed E-state index contributed by atoms with van der Waals surface area (Å²) in [7, 11) is 2.11. The third-order valence-electron chi connectivity index (χ3n) is 3.74. The first-order valence-corrected chi connectivity index (χ1v) is 7.04. The lowest BCUT2D eigenvalue weighted by atomic mass is 10.2. The summed E-state index contributed by atoms with van der Waals surface area (Å²) in [6.07, 6.45) is 3.42. The van der Waals surface area contributed by atoms with E-state index in [1.807, 2.05) is 13.8 Å². The van der Waals surface area contributed by atoms with E-state index in [9.17, 15) is 4.79 Å². The summed E-state index contributed by atoms with van der Waals surface area (Å²) >= 11 is 0. The van der Waals surface area contributed by atoms with E-state index >= 15 is 0 Å². The molecule has 1 fully saturated rings. The summed E-state index contributed by atoms with van der Waals surface area (Å²) in [6, 6.07) is -0.0953. The van der Waals surface area contributed by atoms with Gasteiger partial charge in [0.15, 0.2) is 0 Å². The Balaban J connectivity index is 1.80. The van der Waals surface area contributed by atoms with Crippen LogP contribution in [0.5, 0.6) is 0 Å². The van der Waals surface area contributed by atoms with Crippen molar-refractivity contribution in [2.75, 3.05) is 33.2 Å². The van der Waals surface area contributed by atoms with E-state index in [0.717, 1.165) is 37.6 Å². The van der Waals surface area contributed by atoms with Crippen molar-refractivity contribution < 1.29 is 4.79 Å². The van der Waals surface area contributed by atoms with Gasteiger partial charge >= 0.3 is 0 Å². The van der Waals surface area contributed by atoms with Gasteiger partial charge in [-0.1, -0.05) is 0 Å². The molecule has 110 valence electrons. The fourth-order valence-corrected chi connectivity index (χ4v) is 2.21.